The van der Waals surface area contributed by atoms with Crippen LogP contribution in [0.1, 0.15) is 12.0 Å². The molecular formula is C9H13N3O. The maximum absolute atomic E-state index is 5.28. The molecule has 0 saturated carbocycles. The minimum Gasteiger partial charge on any atom is -0.396 e. The summed E-state index contributed by atoms with van der Waals surface area (Å²) in [6, 6.07) is 3.71. The number of aromatic nitrogens is 1. The van der Waals surface area contributed by atoms with Crippen molar-refractivity contribution in [3.63, 3.8) is 0 Å². The Bertz CT molecular complexity index is 248. The van der Waals surface area contributed by atoms with Crippen LogP contribution in [-0.4, -0.2) is 24.4 Å². The van der Waals surface area contributed by atoms with E-state index in [0.717, 1.165) is 12.0 Å². The van der Waals surface area contributed by atoms with Gasteiger partial charge in [-0.3, -0.25) is 4.98 Å². The number of hydrogen-bond donors (Lipinski definition) is 1. The van der Waals surface area contributed by atoms with Crippen molar-refractivity contribution in [2.45, 2.75) is 6.42 Å². The van der Waals surface area contributed by atoms with Crippen molar-refractivity contribution in [3.8, 4) is 0 Å². The van der Waals surface area contributed by atoms with Gasteiger partial charge in [0.25, 0.3) is 0 Å². The van der Waals surface area contributed by atoms with Gasteiger partial charge < -0.3 is 10.6 Å². The van der Waals surface area contributed by atoms with Gasteiger partial charge in [-0.1, -0.05) is 5.16 Å². The summed E-state index contributed by atoms with van der Waals surface area (Å²) < 4.78 is 0. The standard InChI is InChI=1S/C9H13N3O/c10-4-1-7-13-12-8-9-2-5-11-6-3-9/h2-3,5-6,8H,1,4,7,10H2. The highest BCUT2D eigenvalue weighted by Gasteiger charge is 1.84. The van der Waals surface area contributed by atoms with Gasteiger partial charge in [0.2, 0.25) is 0 Å². The van der Waals surface area contributed by atoms with Crippen molar-refractivity contribution in [1.29, 1.82) is 0 Å². The average Bonchev–Trinajstić information content (AvgIpc) is 2.19. The second-order valence-corrected chi connectivity index (χ2v) is 2.49. The third-order valence-corrected chi connectivity index (χ3v) is 1.42. The van der Waals surface area contributed by atoms with Gasteiger partial charge >= 0.3 is 0 Å². The molecule has 70 valence electrons. The van der Waals surface area contributed by atoms with Crippen LogP contribution in [0.25, 0.3) is 0 Å². The fourth-order valence-corrected chi connectivity index (χ4v) is 0.748. The molecule has 1 aromatic heterocycles. The maximum atomic E-state index is 5.28. The summed E-state index contributed by atoms with van der Waals surface area (Å²) in [7, 11) is 0. The molecule has 0 atom stereocenters. The average molecular weight is 179 g/mol. The van der Waals surface area contributed by atoms with E-state index in [-0.39, 0.29) is 0 Å². The van der Waals surface area contributed by atoms with E-state index < -0.39 is 0 Å². The molecular weight excluding hydrogens is 166 g/mol. The number of pyridine rings is 1. The van der Waals surface area contributed by atoms with Gasteiger partial charge in [-0.25, -0.2) is 0 Å². The Balaban J connectivity index is 2.25. The molecule has 0 radical (unpaired) electrons. The van der Waals surface area contributed by atoms with E-state index in [1.54, 1.807) is 18.6 Å². The van der Waals surface area contributed by atoms with E-state index in [4.69, 9.17) is 10.6 Å². The first-order valence-electron chi connectivity index (χ1n) is 4.19. The van der Waals surface area contributed by atoms with E-state index in [9.17, 15) is 0 Å². The summed E-state index contributed by atoms with van der Waals surface area (Å²) in [5.41, 5.74) is 6.26. The first kappa shape index (κ1) is 9.67. The molecule has 0 aliphatic carbocycles. The van der Waals surface area contributed by atoms with Gasteiger partial charge in [-0.05, 0) is 30.7 Å². The molecule has 4 nitrogen and oxygen atoms in total. The molecule has 4 heteroatoms. The molecule has 1 heterocycles. The first-order valence-corrected chi connectivity index (χ1v) is 4.19. The fraction of sp³-hybridized carbons (Fsp3) is 0.333. The van der Waals surface area contributed by atoms with Crippen LogP contribution in [0.4, 0.5) is 0 Å². The second-order valence-electron chi connectivity index (χ2n) is 2.49. The zero-order valence-electron chi connectivity index (χ0n) is 7.39. The molecule has 0 unspecified atom stereocenters. The van der Waals surface area contributed by atoms with Gasteiger partial charge in [0, 0.05) is 12.4 Å². The summed E-state index contributed by atoms with van der Waals surface area (Å²) in [4.78, 5) is 8.83. The Morgan fingerprint density at radius 2 is 2.23 bits per heavy atom. The van der Waals surface area contributed by atoms with Crippen LogP contribution in [-0.2, 0) is 4.84 Å². The van der Waals surface area contributed by atoms with Crippen LogP contribution in [0.15, 0.2) is 29.7 Å². The normalized spacial score (nSPS) is 10.5. The van der Waals surface area contributed by atoms with Crippen molar-refractivity contribution >= 4 is 6.21 Å². The van der Waals surface area contributed by atoms with E-state index in [1.165, 1.54) is 0 Å². The van der Waals surface area contributed by atoms with E-state index in [1.807, 2.05) is 12.1 Å². The zero-order valence-corrected chi connectivity index (χ0v) is 7.39. The van der Waals surface area contributed by atoms with Gasteiger partial charge in [-0.15, -0.1) is 0 Å². The number of hydrogen-bond acceptors (Lipinski definition) is 4. The Kier molecular flexibility index (Phi) is 4.56. The van der Waals surface area contributed by atoms with Crippen LogP contribution in [0.2, 0.25) is 0 Å². The molecule has 0 aromatic carbocycles. The van der Waals surface area contributed by atoms with Gasteiger partial charge in [0.05, 0.1) is 6.21 Å². The lowest BCUT2D eigenvalue weighted by Gasteiger charge is -1.95. The molecule has 0 aliphatic rings. The zero-order chi connectivity index (χ0) is 9.36. The highest BCUT2D eigenvalue weighted by Crippen LogP contribution is 1.91. The fourth-order valence-electron chi connectivity index (χ4n) is 0.748. The minimum atomic E-state index is 0.568. The number of rotatable bonds is 5. The topological polar surface area (TPSA) is 60.5 Å². The van der Waals surface area contributed by atoms with E-state index >= 15 is 0 Å². The number of oxime groups is 1. The lowest BCUT2D eigenvalue weighted by Crippen LogP contribution is -2.02. The summed E-state index contributed by atoms with van der Waals surface area (Å²) >= 11 is 0. The Hall–Kier alpha value is -1.42. The summed E-state index contributed by atoms with van der Waals surface area (Å²) in [6.45, 7) is 1.20. The third kappa shape index (κ3) is 4.22. The van der Waals surface area contributed by atoms with Crippen LogP contribution in [0.5, 0.6) is 0 Å². The van der Waals surface area contributed by atoms with Crippen LogP contribution >= 0.6 is 0 Å². The molecule has 0 fully saturated rings. The molecule has 13 heavy (non-hydrogen) atoms. The van der Waals surface area contributed by atoms with Gasteiger partial charge in [-0.2, -0.15) is 0 Å². The van der Waals surface area contributed by atoms with Crippen molar-refractivity contribution in [2.24, 2.45) is 10.9 Å². The quantitative estimate of drug-likeness (QED) is 0.413. The van der Waals surface area contributed by atoms with E-state index in [2.05, 4.69) is 10.1 Å². The molecule has 2 N–H and O–H groups in total. The summed E-state index contributed by atoms with van der Waals surface area (Å²) in [5.74, 6) is 0. The highest BCUT2D eigenvalue weighted by atomic mass is 16.6. The molecule has 0 amide bonds. The lowest BCUT2D eigenvalue weighted by molar-refractivity contribution is 0.145. The maximum Gasteiger partial charge on any atom is 0.118 e. The monoisotopic (exact) mass is 179 g/mol. The predicted octanol–water partition coefficient (Wildman–Crippen LogP) is 0.781. The van der Waals surface area contributed by atoms with Crippen molar-refractivity contribution in [1.82, 2.24) is 4.98 Å². The van der Waals surface area contributed by atoms with Gasteiger partial charge in [0.15, 0.2) is 0 Å². The van der Waals surface area contributed by atoms with Crippen LogP contribution in [0, 0.1) is 0 Å². The Morgan fingerprint density at radius 3 is 2.92 bits per heavy atom. The largest absolute Gasteiger partial charge is 0.396 e. The summed E-state index contributed by atoms with van der Waals surface area (Å²) in [5, 5.41) is 3.77. The highest BCUT2D eigenvalue weighted by molar-refractivity contribution is 5.78. The van der Waals surface area contributed by atoms with Crippen LogP contribution in [0.3, 0.4) is 0 Å². The Morgan fingerprint density at radius 1 is 1.46 bits per heavy atom. The molecule has 1 aromatic rings. The van der Waals surface area contributed by atoms with Crippen molar-refractivity contribution in [2.75, 3.05) is 13.2 Å². The first-order chi connectivity index (χ1) is 6.43. The van der Waals surface area contributed by atoms with Crippen LogP contribution < -0.4 is 5.73 Å². The number of nitrogens with two attached hydrogens (primary N) is 1. The Labute approximate surface area is 77.4 Å². The smallest absolute Gasteiger partial charge is 0.118 e. The van der Waals surface area contributed by atoms with Crippen molar-refractivity contribution < 1.29 is 4.84 Å². The van der Waals surface area contributed by atoms with E-state index in [0.29, 0.717) is 13.2 Å². The second kappa shape index (κ2) is 6.14. The minimum absolute atomic E-state index is 0.568. The molecule has 0 spiro atoms. The number of nitrogens with zero attached hydrogens (tertiary/aromatic N) is 2. The predicted molar refractivity (Wildman–Crippen MR) is 51.5 cm³/mol. The molecule has 0 bridgehead atoms. The van der Waals surface area contributed by atoms with Gasteiger partial charge in [0.1, 0.15) is 6.61 Å². The molecule has 0 aliphatic heterocycles. The third-order valence-electron chi connectivity index (χ3n) is 1.42. The van der Waals surface area contributed by atoms with Crippen molar-refractivity contribution in [3.05, 3.63) is 30.1 Å². The molecule has 1 rings (SSSR count). The summed E-state index contributed by atoms with van der Waals surface area (Å²) in [6.07, 6.45) is 5.90. The lowest BCUT2D eigenvalue weighted by atomic mass is 10.3. The molecule has 0 saturated heterocycles. The SMILES string of the molecule is NCCCON=Cc1ccncc1.